The molecule has 1 unspecified atom stereocenters. The highest BCUT2D eigenvalue weighted by molar-refractivity contribution is 4.90. The average Bonchev–Trinajstić information content (AvgIpc) is 2.22. The van der Waals surface area contributed by atoms with E-state index in [0.717, 1.165) is 25.1 Å². The van der Waals surface area contributed by atoms with E-state index in [4.69, 9.17) is 4.74 Å². The van der Waals surface area contributed by atoms with Crippen molar-refractivity contribution in [3.8, 4) is 0 Å². The van der Waals surface area contributed by atoms with Crippen LogP contribution in [0, 0.1) is 0 Å². The van der Waals surface area contributed by atoms with Gasteiger partial charge in [-0.25, -0.2) is 0 Å². The highest BCUT2D eigenvalue weighted by Gasteiger charge is 2.02. The van der Waals surface area contributed by atoms with E-state index in [1.165, 1.54) is 19.3 Å². The molecule has 2 N–H and O–H groups in total. The molecule has 0 rings (SSSR count). The minimum Gasteiger partial charge on any atom is -0.389 e. The maximum Gasteiger partial charge on any atom is 0.0897 e. The van der Waals surface area contributed by atoms with Crippen molar-refractivity contribution in [2.75, 3.05) is 26.3 Å². The van der Waals surface area contributed by atoms with Gasteiger partial charge in [0.05, 0.1) is 12.7 Å². The quantitative estimate of drug-likeness (QED) is 0.421. The molecule has 0 aliphatic carbocycles. The SMILES string of the molecule is C=C(C)CNCC(O)COCCCCCC. The Bertz CT molecular complexity index is 171. The van der Waals surface area contributed by atoms with Gasteiger partial charge in [0.1, 0.15) is 0 Å². The molecule has 0 saturated heterocycles. The normalized spacial score (nSPS) is 12.7. The number of ether oxygens (including phenoxy) is 1. The van der Waals surface area contributed by atoms with Crippen molar-refractivity contribution >= 4 is 0 Å². The maximum absolute atomic E-state index is 9.55. The number of hydrogen-bond acceptors (Lipinski definition) is 3. The van der Waals surface area contributed by atoms with Gasteiger partial charge in [-0.1, -0.05) is 38.3 Å². The Morgan fingerprint density at radius 1 is 1.38 bits per heavy atom. The van der Waals surface area contributed by atoms with Crippen LogP contribution in [0.3, 0.4) is 0 Å². The van der Waals surface area contributed by atoms with Crippen LogP contribution >= 0.6 is 0 Å². The fraction of sp³-hybridized carbons (Fsp3) is 0.846. The molecule has 0 aromatic carbocycles. The van der Waals surface area contributed by atoms with Crippen LogP contribution in [0.2, 0.25) is 0 Å². The Morgan fingerprint density at radius 2 is 2.12 bits per heavy atom. The highest BCUT2D eigenvalue weighted by Crippen LogP contribution is 1.99. The van der Waals surface area contributed by atoms with Crippen molar-refractivity contribution in [1.29, 1.82) is 0 Å². The first-order valence-electron chi connectivity index (χ1n) is 6.27. The molecule has 96 valence electrons. The average molecular weight is 229 g/mol. The van der Waals surface area contributed by atoms with Crippen LogP contribution in [0.1, 0.15) is 39.5 Å². The van der Waals surface area contributed by atoms with Gasteiger partial charge in [-0.05, 0) is 13.3 Å². The molecule has 0 heterocycles. The first-order valence-corrected chi connectivity index (χ1v) is 6.27. The summed E-state index contributed by atoms with van der Waals surface area (Å²) >= 11 is 0. The van der Waals surface area contributed by atoms with Gasteiger partial charge in [-0.2, -0.15) is 0 Å². The second-order valence-electron chi connectivity index (χ2n) is 4.38. The monoisotopic (exact) mass is 229 g/mol. The zero-order valence-electron chi connectivity index (χ0n) is 10.8. The van der Waals surface area contributed by atoms with Crippen LogP contribution in [-0.4, -0.2) is 37.5 Å². The van der Waals surface area contributed by atoms with Crippen molar-refractivity contribution in [2.24, 2.45) is 0 Å². The second kappa shape index (κ2) is 11.1. The minimum atomic E-state index is -0.412. The summed E-state index contributed by atoms with van der Waals surface area (Å²) < 4.78 is 5.39. The Hall–Kier alpha value is -0.380. The van der Waals surface area contributed by atoms with E-state index in [9.17, 15) is 5.11 Å². The van der Waals surface area contributed by atoms with Gasteiger partial charge in [0.25, 0.3) is 0 Å². The molecule has 0 aliphatic heterocycles. The highest BCUT2D eigenvalue weighted by atomic mass is 16.5. The van der Waals surface area contributed by atoms with Crippen molar-refractivity contribution in [3.63, 3.8) is 0 Å². The summed E-state index contributed by atoms with van der Waals surface area (Å²) in [5, 5.41) is 12.7. The smallest absolute Gasteiger partial charge is 0.0897 e. The number of aliphatic hydroxyl groups excluding tert-OH is 1. The van der Waals surface area contributed by atoms with Gasteiger partial charge < -0.3 is 15.2 Å². The summed E-state index contributed by atoms with van der Waals surface area (Å²) in [6, 6.07) is 0. The molecule has 0 aliphatic rings. The van der Waals surface area contributed by atoms with E-state index in [-0.39, 0.29) is 0 Å². The molecule has 1 atom stereocenters. The second-order valence-corrected chi connectivity index (χ2v) is 4.38. The lowest BCUT2D eigenvalue weighted by Crippen LogP contribution is -2.31. The van der Waals surface area contributed by atoms with Crippen molar-refractivity contribution < 1.29 is 9.84 Å². The van der Waals surface area contributed by atoms with Gasteiger partial charge in [-0.3, -0.25) is 0 Å². The van der Waals surface area contributed by atoms with Gasteiger partial charge in [0, 0.05) is 19.7 Å². The summed E-state index contributed by atoms with van der Waals surface area (Å²) in [5.41, 5.74) is 1.08. The fourth-order valence-corrected chi connectivity index (χ4v) is 1.36. The van der Waals surface area contributed by atoms with Crippen molar-refractivity contribution in [2.45, 2.75) is 45.6 Å². The third-order valence-corrected chi connectivity index (χ3v) is 2.26. The first kappa shape index (κ1) is 15.6. The largest absolute Gasteiger partial charge is 0.389 e. The molecule has 0 amide bonds. The molecular weight excluding hydrogens is 202 g/mol. The van der Waals surface area contributed by atoms with Gasteiger partial charge >= 0.3 is 0 Å². The molecule has 0 spiro atoms. The van der Waals surface area contributed by atoms with Crippen molar-refractivity contribution in [3.05, 3.63) is 12.2 Å². The van der Waals surface area contributed by atoms with Crippen molar-refractivity contribution in [1.82, 2.24) is 5.32 Å². The molecular formula is C13H27NO2. The third-order valence-electron chi connectivity index (χ3n) is 2.26. The predicted octanol–water partition coefficient (Wildman–Crippen LogP) is 2.11. The topological polar surface area (TPSA) is 41.5 Å². The summed E-state index contributed by atoms with van der Waals surface area (Å²) in [6.45, 7) is 10.5. The van der Waals surface area contributed by atoms with E-state index >= 15 is 0 Å². The van der Waals surface area contributed by atoms with Crippen LogP contribution in [0.5, 0.6) is 0 Å². The molecule has 0 aromatic rings. The maximum atomic E-state index is 9.55. The molecule has 3 heteroatoms. The zero-order valence-corrected chi connectivity index (χ0v) is 10.8. The Kier molecular flexibility index (Phi) is 10.9. The van der Waals surface area contributed by atoms with Crippen LogP contribution < -0.4 is 5.32 Å². The summed E-state index contributed by atoms with van der Waals surface area (Å²) in [6.07, 6.45) is 4.42. The molecule has 0 aromatic heterocycles. The van der Waals surface area contributed by atoms with Crippen LogP contribution in [-0.2, 0) is 4.74 Å². The molecule has 3 nitrogen and oxygen atoms in total. The van der Waals surface area contributed by atoms with E-state index in [1.54, 1.807) is 0 Å². The van der Waals surface area contributed by atoms with Crippen LogP contribution in [0.15, 0.2) is 12.2 Å². The van der Waals surface area contributed by atoms with E-state index in [2.05, 4.69) is 18.8 Å². The van der Waals surface area contributed by atoms with E-state index in [0.29, 0.717) is 13.2 Å². The summed E-state index contributed by atoms with van der Waals surface area (Å²) in [4.78, 5) is 0. The molecule has 0 saturated carbocycles. The molecule has 0 fully saturated rings. The first-order chi connectivity index (χ1) is 7.66. The molecule has 0 radical (unpaired) electrons. The number of unbranched alkanes of at least 4 members (excludes halogenated alkanes) is 3. The lowest BCUT2D eigenvalue weighted by atomic mass is 10.2. The molecule has 0 bridgehead atoms. The van der Waals surface area contributed by atoms with Crippen LogP contribution in [0.25, 0.3) is 0 Å². The Balaban J connectivity index is 3.17. The summed E-state index contributed by atoms with van der Waals surface area (Å²) in [5.74, 6) is 0. The Labute approximate surface area is 99.9 Å². The van der Waals surface area contributed by atoms with Gasteiger partial charge in [-0.15, -0.1) is 0 Å². The van der Waals surface area contributed by atoms with Gasteiger partial charge in [0.2, 0.25) is 0 Å². The Morgan fingerprint density at radius 3 is 2.75 bits per heavy atom. The number of aliphatic hydroxyl groups is 1. The van der Waals surface area contributed by atoms with Crippen LogP contribution in [0.4, 0.5) is 0 Å². The fourth-order valence-electron chi connectivity index (χ4n) is 1.36. The predicted molar refractivity (Wildman–Crippen MR) is 68.7 cm³/mol. The van der Waals surface area contributed by atoms with E-state index < -0.39 is 6.10 Å². The number of rotatable bonds is 11. The number of hydrogen-bond donors (Lipinski definition) is 2. The lowest BCUT2D eigenvalue weighted by molar-refractivity contribution is 0.0359. The standard InChI is InChI=1S/C13H27NO2/c1-4-5-6-7-8-16-11-13(15)10-14-9-12(2)3/h13-15H,2,4-11H2,1,3H3. The minimum absolute atomic E-state index is 0.412. The molecule has 16 heavy (non-hydrogen) atoms. The number of nitrogens with one attached hydrogen (secondary N) is 1. The van der Waals surface area contributed by atoms with E-state index in [1.807, 2.05) is 6.92 Å². The third kappa shape index (κ3) is 11.7. The lowest BCUT2D eigenvalue weighted by Gasteiger charge is -2.12. The van der Waals surface area contributed by atoms with Gasteiger partial charge in [0.15, 0.2) is 0 Å². The summed E-state index contributed by atoms with van der Waals surface area (Å²) in [7, 11) is 0. The zero-order chi connectivity index (χ0) is 12.2.